The molecule has 0 atom stereocenters. The molecule has 6 heteroatoms. The van der Waals surface area contributed by atoms with Crippen molar-refractivity contribution in [3.05, 3.63) is 70.6 Å². The zero-order chi connectivity index (χ0) is 19.3. The van der Waals surface area contributed by atoms with Crippen LogP contribution >= 0.6 is 0 Å². The Morgan fingerprint density at radius 3 is 2.43 bits per heavy atom. The molecule has 1 aliphatic heterocycles. The molecule has 4 rings (SSSR count). The van der Waals surface area contributed by atoms with Gasteiger partial charge in [0.05, 0.1) is 30.7 Å². The second-order valence-corrected chi connectivity index (χ2v) is 7.26. The van der Waals surface area contributed by atoms with Crippen molar-refractivity contribution in [3.63, 3.8) is 0 Å². The number of quaternary nitrogens is 1. The molecular weight excluding hydrogens is 352 g/mol. The molecule has 3 aromatic rings. The fourth-order valence-corrected chi connectivity index (χ4v) is 3.85. The first-order valence-electron chi connectivity index (χ1n) is 9.93. The van der Waals surface area contributed by atoms with Crippen molar-refractivity contribution in [3.8, 4) is 5.69 Å². The third kappa shape index (κ3) is 3.82. The Hall–Kier alpha value is -2.99. The molecule has 28 heavy (non-hydrogen) atoms. The van der Waals surface area contributed by atoms with Crippen LogP contribution in [0.25, 0.3) is 16.5 Å². The average molecular weight is 377 g/mol. The molecule has 2 aromatic carbocycles. The van der Waals surface area contributed by atoms with Crippen molar-refractivity contribution in [2.24, 2.45) is 0 Å². The van der Waals surface area contributed by atoms with Gasteiger partial charge in [-0.2, -0.15) is 9.78 Å². The number of carbonyl (C=O) groups is 1. The lowest BCUT2D eigenvalue weighted by Crippen LogP contribution is -3.10. The Labute approximate surface area is 163 Å². The summed E-state index contributed by atoms with van der Waals surface area (Å²) in [4.78, 5) is 27.4. The zero-order valence-corrected chi connectivity index (χ0v) is 15.9. The molecule has 144 valence electrons. The summed E-state index contributed by atoms with van der Waals surface area (Å²) in [5.41, 5.74) is 0.702. The van der Waals surface area contributed by atoms with Gasteiger partial charge in [-0.15, -0.1) is 0 Å². The van der Waals surface area contributed by atoms with E-state index in [0.29, 0.717) is 23.0 Å². The summed E-state index contributed by atoms with van der Waals surface area (Å²) in [6.07, 6.45) is 3.55. The zero-order valence-electron chi connectivity index (χ0n) is 15.9. The summed E-state index contributed by atoms with van der Waals surface area (Å²) in [5, 5.41) is 8.48. The highest BCUT2D eigenvalue weighted by Crippen LogP contribution is 2.15. The lowest BCUT2D eigenvalue weighted by molar-refractivity contribution is -0.887. The van der Waals surface area contributed by atoms with E-state index in [0.717, 1.165) is 13.0 Å². The van der Waals surface area contributed by atoms with Gasteiger partial charge < -0.3 is 10.2 Å². The summed E-state index contributed by atoms with van der Waals surface area (Å²) in [6, 6.07) is 16.3. The van der Waals surface area contributed by atoms with Crippen molar-refractivity contribution in [1.82, 2.24) is 15.1 Å². The minimum Gasteiger partial charge on any atom is -0.350 e. The quantitative estimate of drug-likeness (QED) is 0.634. The molecule has 0 radical (unpaired) electrons. The van der Waals surface area contributed by atoms with Gasteiger partial charge in [-0.3, -0.25) is 9.59 Å². The van der Waals surface area contributed by atoms with E-state index in [1.54, 1.807) is 23.1 Å². The number of aromatic nitrogens is 2. The van der Waals surface area contributed by atoms with Crippen LogP contribution in [0.3, 0.4) is 0 Å². The highest BCUT2D eigenvalue weighted by Gasteiger charge is 2.18. The molecule has 0 bridgehead atoms. The van der Waals surface area contributed by atoms with E-state index in [-0.39, 0.29) is 17.2 Å². The normalized spacial score (nSPS) is 14.4. The van der Waals surface area contributed by atoms with Crippen LogP contribution in [-0.4, -0.2) is 41.9 Å². The van der Waals surface area contributed by atoms with E-state index >= 15 is 0 Å². The van der Waals surface area contributed by atoms with E-state index in [2.05, 4.69) is 10.4 Å². The highest BCUT2D eigenvalue weighted by molar-refractivity contribution is 6.04. The topological polar surface area (TPSA) is 68.4 Å². The van der Waals surface area contributed by atoms with Gasteiger partial charge in [0.1, 0.15) is 0 Å². The standard InChI is InChI=1S/C22H24N4O2/c27-21(23-13-8-16-25-14-6-7-15-25)20-18-11-4-5-12-19(18)22(28)26(24-20)17-9-2-1-3-10-17/h1-5,9-12H,6-8,13-16H2,(H,23,27)/p+1. The van der Waals surface area contributed by atoms with Crippen LogP contribution in [0.1, 0.15) is 29.8 Å². The van der Waals surface area contributed by atoms with Gasteiger partial charge >= 0.3 is 0 Å². The summed E-state index contributed by atoms with van der Waals surface area (Å²) >= 11 is 0. The maximum atomic E-state index is 12.9. The van der Waals surface area contributed by atoms with E-state index in [1.807, 2.05) is 36.4 Å². The molecule has 1 amide bonds. The first kappa shape index (κ1) is 18.4. The molecular formula is C22H25N4O2+. The molecule has 0 aliphatic carbocycles. The average Bonchev–Trinajstić information content (AvgIpc) is 3.26. The van der Waals surface area contributed by atoms with Gasteiger partial charge in [0.25, 0.3) is 11.5 Å². The number of hydrogen-bond donors (Lipinski definition) is 2. The number of hydrogen-bond acceptors (Lipinski definition) is 3. The van der Waals surface area contributed by atoms with Gasteiger partial charge in [-0.25, -0.2) is 0 Å². The van der Waals surface area contributed by atoms with Crippen molar-refractivity contribution in [2.45, 2.75) is 19.3 Å². The Morgan fingerprint density at radius 1 is 1.00 bits per heavy atom. The predicted molar refractivity (Wildman–Crippen MR) is 109 cm³/mol. The lowest BCUT2D eigenvalue weighted by Gasteiger charge is -2.13. The number of carbonyl (C=O) groups excluding carboxylic acids is 1. The maximum Gasteiger partial charge on any atom is 0.279 e. The monoisotopic (exact) mass is 377 g/mol. The molecule has 2 heterocycles. The second kappa shape index (κ2) is 8.35. The number of para-hydroxylation sites is 1. The predicted octanol–water partition coefficient (Wildman–Crippen LogP) is 1.18. The van der Waals surface area contributed by atoms with Gasteiger partial charge in [-0.05, 0) is 18.2 Å². The molecule has 2 N–H and O–H groups in total. The number of nitrogens with one attached hydrogen (secondary N) is 2. The Kier molecular flexibility index (Phi) is 5.48. The van der Waals surface area contributed by atoms with E-state index in [1.165, 1.54) is 30.6 Å². The molecule has 0 unspecified atom stereocenters. The van der Waals surface area contributed by atoms with Crippen LogP contribution in [-0.2, 0) is 0 Å². The number of fused-ring (bicyclic) bond motifs is 1. The summed E-state index contributed by atoms with van der Waals surface area (Å²) in [5.74, 6) is -0.239. The fourth-order valence-electron chi connectivity index (χ4n) is 3.85. The van der Waals surface area contributed by atoms with Crippen molar-refractivity contribution >= 4 is 16.7 Å². The molecule has 1 fully saturated rings. The van der Waals surface area contributed by atoms with E-state index in [9.17, 15) is 9.59 Å². The van der Waals surface area contributed by atoms with E-state index < -0.39 is 0 Å². The Bertz CT molecular complexity index is 1020. The second-order valence-electron chi connectivity index (χ2n) is 7.26. The highest BCUT2D eigenvalue weighted by atomic mass is 16.2. The Morgan fingerprint density at radius 2 is 1.68 bits per heavy atom. The largest absolute Gasteiger partial charge is 0.350 e. The minimum atomic E-state index is -0.239. The van der Waals surface area contributed by atoms with Crippen LogP contribution in [0.2, 0.25) is 0 Å². The molecule has 1 aromatic heterocycles. The third-order valence-corrected chi connectivity index (χ3v) is 5.32. The number of rotatable bonds is 6. The van der Waals surface area contributed by atoms with Gasteiger partial charge in [0.2, 0.25) is 0 Å². The molecule has 0 spiro atoms. The van der Waals surface area contributed by atoms with Crippen LogP contribution in [0.5, 0.6) is 0 Å². The molecule has 0 saturated carbocycles. The fraction of sp³-hybridized carbons (Fsp3) is 0.318. The van der Waals surface area contributed by atoms with Crippen molar-refractivity contribution in [1.29, 1.82) is 0 Å². The maximum absolute atomic E-state index is 12.9. The number of likely N-dealkylation sites (tertiary alicyclic amines) is 1. The molecule has 1 saturated heterocycles. The first-order valence-corrected chi connectivity index (χ1v) is 9.93. The van der Waals surface area contributed by atoms with Crippen LogP contribution in [0, 0.1) is 0 Å². The van der Waals surface area contributed by atoms with Gasteiger partial charge in [-0.1, -0.05) is 36.4 Å². The third-order valence-electron chi connectivity index (χ3n) is 5.32. The summed E-state index contributed by atoms with van der Waals surface area (Å²) in [6.45, 7) is 4.17. The van der Waals surface area contributed by atoms with Crippen molar-refractivity contribution in [2.75, 3.05) is 26.2 Å². The molecule has 6 nitrogen and oxygen atoms in total. The number of nitrogens with zero attached hydrogens (tertiary/aromatic N) is 2. The van der Waals surface area contributed by atoms with Crippen LogP contribution in [0.15, 0.2) is 59.4 Å². The smallest absolute Gasteiger partial charge is 0.279 e. The van der Waals surface area contributed by atoms with Gasteiger partial charge in [0, 0.05) is 31.2 Å². The van der Waals surface area contributed by atoms with Crippen LogP contribution < -0.4 is 15.8 Å². The van der Waals surface area contributed by atoms with Crippen LogP contribution in [0.4, 0.5) is 0 Å². The van der Waals surface area contributed by atoms with E-state index in [4.69, 9.17) is 0 Å². The lowest BCUT2D eigenvalue weighted by atomic mass is 10.1. The summed E-state index contributed by atoms with van der Waals surface area (Å²) in [7, 11) is 0. The minimum absolute atomic E-state index is 0.226. The number of amides is 1. The number of benzene rings is 2. The first-order chi connectivity index (χ1) is 13.7. The Balaban J connectivity index is 1.59. The summed E-state index contributed by atoms with van der Waals surface area (Å²) < 4.78 is 1.31. The SMILES string of the molecule is O=C(NCCC[NH+]1CCCC1)c1nn(-c2ccccc2)c(=O)c2ccccc12. The van der Waals surface area contributed by atoms with Gasteiger partial charge in [0.15, 0.2) is 5.69 Å². The molecule has 1 aliphatic rings. The van der Waals surface area contributed by atoms with Crippen molar-refractivity contribution < 1.29 is 9.69 Å².